The van der Waals surface area contributed by atoms with Crippen molar-refractivity contribution in [2.75, 3.05) is 11.9 Å². The van der Waals surface area contributed by atoms with Crippen LogP contribution in [-0.4, -0.2) is 21.3 Å². The molecular formula is C12H13BrN4S. The third-order valence-electron chi connectivity index (χ3n) is 2.46. The maximum absolute atomic E-state index is 5.60. The lowest BCUT2D eigenvalue weighted by Gasteiger charge is -2.09. The van der Waals surface area contributed by atoms with Crippen LogP contribution in [0.2, 0.25) is 0 Å². The third kappa shape index (κ3) is 3.30. The summed E-state index contributed by atoms with van der Waals surface area (Å²) in [5.74, 6) is 0. The van der Waals surface area contributed by atoms with Crippen LogP contribution < -0.4 is 11.1 Å². The molecule has 1 aromatic carbocycles. The Bertz CT molecular complexity index is 539. The highest BCUT2D eigenvalue weighted by molar-refractivity contribution is 9.10. The van der Waals surface area contributed by atoms with Crippen LogP contribution in [0.1, 0.15) is 5.56 Å². The van der Waals surface area contributed by atoms with Crippen LogP contribution >= 0.6 is 28.1 Å². The number of thiocarbonyl (C=S) groups is 1. The monoisotopic (exact) mass is 324 g/mol. The van der Waals surface area contributed by atoms with Gasteiger partial charge >= 0.3 is 0 Å². The number of hydrogen-bond donors (Lipinski definition) is 2. The molecule has 0 bridgehead atoms. The van der Waals surface area contributed by atoms with Gasteiger partial charge in [0.1, 0.15) is 4.99 Å². The first-order valence-corrected chi connectivity index (χ1v) is 6.67. The molecule has 1 heterocycles. The van der Waals surface area contributed by atoms with E-state index in [1.165, 1.54) is 0 Å². The van der Waals surface area contributed by atoms with Gasteiger partial charge in [-0.25, -0.2) is 0 Å². The zero-order chi connectivity index (χ0) is 13.0. The van der Waals surface area contributed by atoms with Crippen molar-refractivity contribution in [3.63, 3.8) is 0 Å². The predicted molar refractivity (Wildman–Crippen MR) is 80.7 cm³/mol. The molecule has 3 N–H and O–H groups in total. The molecule has 0 saturated carbocycles. The summed E-state index contributed by atoms with van der Waals surface area (Å²) >= 11 is 8.40. The fourth-order valence-corrected chi connectivity index (χ4v) is 2.47. The standard InChI is InChI=1S/C12H13BrN4S/c13-11-8-9(2-3-10(11)12(14)18)15-5-7-17-6-1-4-16-17/h1-4,6,8,15H,5,7H2,(H2,14,18). The van der Waals surface area contributed by atoms with Crippen LogP contribution in [-0.2, 0) is 6.54 Å². The smallest absolute Gasteiger partial charge is 0.105 e. The molecule has 2 rings (SSSR count). The molecule has 1 aromatic heterocycles. The molecule has 0 amide bonds. The molecule has 6 heteroatoms. The van der Waals surface area contributed by atoms with E-state index in [0.717, 1.165) is 28.8 Å². The zero-order valence-electron chi connectivity index (χ0n) is 9.64. The van der Waals surface area contributed by atoms with Gasteiger partial charge in [0.05, 0.1) is 6.54 Å². The number of nitrogens with one attached hydrogen (secondary N) is 1. The first-order valence-electron chi connectivity index (χ1n) is 5.47. The Balaban J connectivity index is 1.94. The molecule has 0 fully saturated rings. The van der Waals surface area contributed by atoms with Crippen molar-refractivity contribution in [2.24, 2.45) is 5.73 Å². The van der Waals surface area contributed by atoms with Gasteiger partial charge in [-0.05, 0) is 40.2 Å². The van der Waals surface area contributed by atoms with Gasteiger partial charge in [-0.2, -0.15) is 5.10 Å². The van der Waals surface area contributed by atoms with E-state index in [0.29, 0.717) is 4.99 Å². The summed E-state index contributed by atoms with van der Waals surface area (Å²) in [6.45, 7) is 1.63. The molecule has 0 unspecified atom stereocenters. The first kappa shape index (κ1) is 13.0. The topological polar surface area (TPSA) is 55.9 Å². The van der Waals surface area contributed by atoms with Gasteiger partial charge in [0, 0.05) is 34.7 Å². The minimum atomic E-state index is 0.393. The zero-order valence-corrected chi connectivity index (χ0v) is 12.0. The second kappa shape index (κ2) is 5.97. The first-order chi connectivity index (χ1) is 8.66. The number of halogens is 1. The van der Waals surface area contributed by atoms with Gasteiger partial charge in [-0.1, -0.05) is 12.2 Å². The number of nitrogens with two attached hydrogens (primary N) is 1. The number of rotatable bonds is 5. The van der Waals surface area contributed by atoms with E-state index in [4.69, 9.17) is 18.0 Å². The van der Waals surface area contributed by atoms with Gasteiger partial charge < -0.3 is 11.1 Å². The van der Waals surface area contributed by atoms with E-state index >= 15 is 0 Å². The summed E-state index contributed by atoms with van der Waals surface area (Å²) in [5.41, 5.74) is 7.47. The van der Waals surface area contributed by atoms with Crippen molar-refractivity contribution >= 4 is 38.8 Å². The number of nitrogens with zero attached hydrogens (tertiary/aromatic N) is 2. The average Bonchev–Trinajstić information content (AvgIpc) is 2.81. The molecule has 4 nitrogen and oxygen atoms in total. The second-order valence-electron chi connectivity index (χ2n) is 3.75. The van der Waals surface area contributed by atoms with E-state index in [1.54, 1.807) is 6.20 Å². The highest BCUT2D eigenvalue weighted by atomic mass is 79.9. The predicted octanol–water partition coefficient (Wildman–Crippen LogP) is 2.39. The lowest BCUT2D eigenvalue weighted by atomic mass is 10.2. The van der Waals surface area contributed by atoms with Gasteiger partial charge in [0.25, 0.3) is 0 Å². The summed E-state index contributed by atoms with van der Waals surface area (Å²) in [7, 11) is 0. The molecule has 18 heavy (non-hydrogen) atoms. The maximum atomic E-state index is 5.60. The lowest BCUT2D eigenvalue weighted by molar-refractivity contribution is 0.638. The van der Waals surface area contributed by atoms with Crippen molar-refractivity contribution in [3.8, 4) is 0 Å². The van der Waals surface area contributed by atoms with Crippen molar-refractivity contribution in [3.05, 3.63) is 46.7 Å². The minimum Gasteiger partial charge on any atom is -0.389 e. The number of benzene rings is 1. The number of aromatic nitrogens is 2. The molecule has 0 atom stereocenters. The van der Waals surface area contributed by atoms with Crippen LogP contribution in [0.3, 0.4) is 0 Å². The number of hydrogen-bond acceptors (Lipinski definition) is 3. The van der Waals surface area contributed by atoms with Gasteiger partial charge in [0.2, 0.25) is 0 Å². The largest absolute Gasteiger partial charge is 0.389 e. The molecule has 2 aromatic rings. The molecule has 0 saturated heterocycles. The molecule has 0 aliphatic heterocycles. The van der Waals surface area contributed by atoms with Crippen molar-refractivity contribution < 1.29 is 0 Å². The van der Waals surface area contributed by atoms with Crippen LogP contribution in [0.5, 0.6) is 0 Å². The molecule has 0 spiro atoms. The summed E-state index contributed by atoms with van der Waals surface area (Å²) < 4.78 is 2.78. The van der Waals surface area contributed by atoms with E-state index in [2.05, 4.69) is 26.3 Å². The highest BCUT2D eigenvalue weighted by Gasteiger charge is 2.03. The summed E-state index contributed by atoms with van der Waals surface area (Å²) in [6, 6.07) is 7.75. The fourth-order valence-electron chi connectivity index (χ4n) is 1.57. The Morgan fingerprint density at radius 3 is 2.94 bits per heavy atom. The van der Waals surface area contributed by atoms with Crippen LogP contribution in [0, 0.1) is 0 Å². The van der Waals surface area contributed by atoms with Crippen molar-refractivity contribution in [1.29, 1.82) is 0 Å². The van der Waals surface area contributed by atoms with Crippen LogP contribution in [0.15, 0.2) is 41.1 Å². The summed E-state index contributed by atoms with van der Waals surface area (Å²) in [6.07, 6.45) is 3.71. The van der Waals surface area contributed by atoms with Crippen molar-refractivity contribution in [1.82, 2.24) is 9.78 Å². The fraction of sp³-hybridized carbons (Fsp3) is 0.167. The van der Waals surface area contributed by atoms with Gasteiger partial charge in [0.15, 0.2) is 0 Å². The second-order valence-corrected chi connectivity index (χ2v) is 5.05. The molecule has 0 aliphatic carbocycles. The quantitative estimate of drug-likeness (QED) is 0.829. The SMILES string of the molecule is NC(=S)c1ccc(NCCn2cccn2)cc1Br. The van der Waals surface area contributed by atoms with E-state index < -0.39 is 0 Å². The van der Waals surface area contributed by atoms with Crippen molar-refractivity contribution in [2.45, 2.75) is 6.54 Å². The molecule has 0 aliphatic rings. The number of anilines is 1. The van der Waals surface area contributed by atoms with E-state index in [9.17, 15) is 0 Å². The third-order valence-corrected chi connectivity index (χ3v) is 3.34. The summed E-state index contributed by atoms with van der Waals surface area (Å²) in [4.78, 5) is 0.393. The minimum absolute atomic E-state index is 0.393. The Kier molecular flexibility index (Phi) is 4.33. The van der Waals surface area contributed by atoms with Crippen LogP contribution in [0.4, 0.5) is 5.69 Å². The Morgan fingerprint density at radius 1 is 1.50 bits per heavy atom. The lowest BCUT2D eigenvalue weighted by Crippen LogP contribution is -2.12. The maximum Gasteiger partial charge on any atom is 0.105 e. The summed E-state index contributed by atoms with van der Waals surface area (Å²) in [5, 5.41) is 7.45. The van der Waals surface area contributed by atoms with E-state index in [-0.39, 0.29) is 0 Å². The Morgan fingerprint density at radius 2 is 2.33 bits per heavy atom. The molecular weight excluding hydrogens is 312 g/mol. The highest BCUT2D eigenvalue weighted by Crippen LogP contribution is 2.21. The molecule has 0 radical (unpaired) electrons. The Labute approximate surface area is 119 Å². The van der Waals surface area contributed by atoms with Gasteiger partial charge in [-0.15, -0.1) is 0 Å². The molecule has 94 valence electrons. The van der Waals surface area contributed by atoms with E-state index in [1.807, 2.05) is 35.1 Å². The average molecular weight is 325 g/mol. The van der Waals surface area contributed by atoms with Gasteiger partial charge in [-0.3, -0.25) is 4.68 Å². The van der Waals surface area contributed by atoms with Crippen LogP contribution in [0.25, 0.3) is 0 Å². The normalized spacial score (nSPS) is 10.3. The Hall–Kier alpha value is -1.40.